The van der Waals surface area contributed by atoms with Gasteiger partial charge in [0.1, 0.15) is 0 Å². The first kappa shape index (κ1) is 11.9. The van der Waals surface area contributed by atoms with Crippen LogP contribution in [0, 0.1) is 0 Å². The molecule has 1 saturated heterocycles. The highest BCUT2D eigenvalue weighted by molar-refractivity contribution is 5.77. The van der Waals surface area contributed by atoms with E-state index in [1.807, 2.05) is 0 Å². The van der Waals surface area contributed by atoms with Crippen LogP contribution in [0.5, 0.6) is 0 Å². The molecule has 0 spiro atoms. The molecule has 1 unspecified atom stereocenters. The van der Waals surface area contributed by atoms with E-state index in [1.54, 1.807) is 0 Å². The quantitative estimate of drug-likeness (QED) is 0.750. The zero-order chi connectivity index (χ0) is 11.4. The summed E-state index contributed by atoms with van der Waals surface area (Å²) < 4.78 is 5.55. The van der Waals surface area contributed by atoms with Crippen molar-refractivity contribution in [2.75, 3.05) is 13.2 Å². The van der Waals surface area contributed by atoms with E-state index in [4.69, 9.17) is 10.5 Å². The topological polar surface area (TPSA) is 64.4 Å². The summed E-state index contributed by atoms with van der Waals surface area (Å²) in [5, 5.41) is 2.93. The van der Waals surface area contributed by atoms with E-state index in [0.717, 1.165) is 38.7 Å². The first-order valence-electron chi connectivity index (χ1n) is 6.35. The number of hydrogen-bond acceptors (Lipinski definition) is 3. The number of nitrogens with one attached hydrogen (secondary N) is 1. The standard InChI is InChI=1S/C12H22N2O2/c13-12(5-3-6-12)8-11(15)14-9-10-4-1-2-7-16-10/h10H,1-9,13H2,(H,14,15). The minimum Gasteiger partial charge on any atom is -0.376 e. The zero-order valence-electron chi connectivity index (χ0n) is 9.84. The second-order valence-corrected chi connectivity index (χ2v) is 5.19. The van der Waals surface area contributed by atoms with Crippen molar-refractivity contribution in [2.45, 2.75) is 56.6 Å². The average molecular weight is 226 g/mol. The van der Waals surface area contributed by atoms with Gasteiger partial charge in [0.05, 0.1) is 6.10 Å². The van der Waals surface area contributed by atoms with Crippen LogP contribution in [-0.2, 0) is 9.53 Å². The monoisotopic (exact) mass is 226 g/mol. The van der Waals surface area contributed by atoms with Gasteiger partial charge in [-0.25, -0.2) is 0 Å². The largest absolute Gasteiger partial charge is 0.376 e. The molecule has 1 aliphatic heterocycles. The number of carbonyl (C=O) groups is 1. The molecule has 2 rings (SSSR count). The molecule has 0 radical (unpaired) electrons. The molecule has 3 N–H and O–H groups in total. The Balaban J connectivity index is 1.63. The molecule has 1 aliphatic carbocycles. The van der Waals surface area contributed by atoms with Gasteiger partial charge < -0.3 is 15.8 Å². The average Bonchev–Trinajstić information content (AvgIpc) is 2.26. The van der Waals surface area contributed by atoms with Gasteiger partial charge in [0.2, 0.25) is 5.91 Å². The minimum atomic E-state index is -0.211. The third kappa shape index (κ3) is 3.19. The fourth-order valence-corrected chi connectivity index (χ4v) is 2.39. The maximum atomic E-state index is 11.6. The smallest absolute Gasteiger partial charge is 0.221 e. The lowest BCUT2D eigenvalue weighted by Crippen LogP contribution is -2.50. The molecule has 1 saturated carbocycles. The van der Waals surface area contributed by atoms with Gasteiger partial charge in [-0.15, -0.1) is 0 Å². The van der Waals surface area contributed by atoms with Crippen molar-refractivity contribution in [1.82, 2.24) is 5.32 Å². The Kier molecular flexibility index (Phi) is 3.82. The summed E-state index contributed by atoms with van der Waals surface area (Å²) in [6.07, 6.45) is 7.25. The molecule has 0 aromatic carbocycles. The Labute approximate surface area is 96.9 Å². The highest BCUT2D eigenvalue weighted by atomic mass is 16.5. The predicted octanol–water partition coefficient (Wildman–Crippen LogP) is 0.943. The molecule has 0 bridgehead atoms. The van der Waals surface area contributed by atoms with Crippen LogP contribution in [0.4, 0.5) is 0 Å². The molecule has 1 amide bonds. The van der Waals surface area contributed by atoms with Gasteiger partial charge in [0.25, 0.3) is 0 Å². The maximum absolute atomic E-state index is 11.6. The summed E-state index contributed by atoms with van der Waals surface area (Å²) in [5.74, 6) is 0.0800. The first-order chi connectivity index (χ1) is 7.68. The summed E-state index contributed by atoms with van der Waals surface area (Å²) in [4.78, 5) is 11.6. The van der Waals surface area contributed by atoms with Crippen LogP contribution in [0.15, 0.2) is 0 Å². The van der Waals surface area contributed by atoms with Gasteiger partial charge in [0, 0.05) is 25.1 Å². The summed E-state index contributed by atoms with van der Waals surface area (Å²) in [6, 6.07) is 0. The third-order valence-electron chi connectivity index (χ3n) is 3.66. The second kappa shape index (κ2) is 5.15. The Bertz CT molecular complexity index is 245. The molecule has 0 aromatic rings. The predicted molar refractivity (Wildman–Crippen MR) is 62.0 cm³/mol. The van der Waals surface area contributed by atoms with Crippen LogP contribution >= 0.6 is 0 Å². The minimum absolute atomic E-state index is 0.0800. The van der Waals surface area contributed by atoms with Crippen molar-refractivity contribution in [2.24, 2.45) is 5.73 Å². The molecule has 92 valence electrons. The van der Waals surface area contributed by atoms with Gasteiger partial charge in [-0.05, 0) is 38.5 Å². The van der Waals surface area contributed by atoms with Crippen molar-refractivity contribution >= 4 is 5.91 Å². The van der Waals surface area contributed by atoms with E-state index in [2.05, 4.69) is 5.32 Å². The molecule has 2 aliphatic rings. The van der Waals surface area contributed by atoms with Gasteiger partial charge in [-0.1, -0.05) is 0 Å². The van der Waals surface area contributed by atoms with Gasteiger partial charge in [-0.2, -0.15) is 0 Å². The Morgan fingerprint density at radius 3 is 2.75 bits per heavy atom. The van der Waals surface area contributed by atoms with Crippen LogP contribution in [0.25, 0.3) is 0 Å². The second-order valence-electron chi connectivity index (χ2n) is 5.19. The molecule has 4 heteroatoms. The van der Waals surface area contributed by atoms with E-state index in [0.29, 0.717) is 13.0 Å². The van der Waals surface area contributed by atoms with E-state index < -0.39 is 0 Å². The molecule has 1 atom stereocenters. The maximum Gasteiger partial charge on any atom is 0.221 e. The number of amides is 1. The molecular formula is C12H22N2O2. The van der Waals surface area contributed by atoms with Gasteiger partial charge in [-0.3, -0.25) is 4.79 Å². The molecule has 1 heterocycles. The molecule has 2 fully saturated rings. The van der Waals surface area contributed by atoms with Crippen molar-refractivity contribution in [1.29, 1.82) is 0 Å². The summed E-state index contributed by atoms with van der Waals surface area (Å²) >= 11 is 0. The summed E-state index contributed by atoms with van der Waals surface area (Å²) in [7, 11) is 0. The van der Waals surface area contributed by atoms with Gasteiger partial charge in [0.15, 0.2) is 0 Å². The lowest BCUT2D eigenvalue weighted by molar-refractivity contribution is -0.123. The first-order valence-corrected chi connectivity index (χ1v) is 6.35. The fourth-order valence-electron chi connectivity index (χ4n) is 2.39. The highest BCUT2D eigenvalue weighted by Crippen LogP contribution is 2.31. The van der Waals surface area contributed by atoms with Crippen molar-refractivity contribution < 1.29 is 9.53 Å². The molecule has 4 nitrogen and oxygen atoms in total. The number of carbonyl (C=O) groups excluding carboxylic acids is 1. The van der Waals surface area contributed by atoms with Crippen LogP contribution in [0.2, 0.25) is 0 Å². The summed E-state index contributed by atoms with van der Waals surface area (Å²) in [6.45, 7) is 1.48. The SMILES string of the molecule is NC1(CC(=O)NCC2CCCCO2)CCC1. The van der Waals surface area contributed by atoms with E-state index in [-0.39, 0.29) is 17.6 Å². The van der Waals surface area contributed by atoms with E-state index in [9.17, 15) is 4.79 Å². The van der Waals surface area contributed by atoms with Gasteiger partial charge >= 0.3 is 0 Å². The van der Waals surface area contributed by atoms with Crippen LogP contribution in [-0.4, -0.2) is 30.7 Å². The van der Waals surface area contributed by atoms with E-state index >= 15 is 0 Å². The Morgan fingerprint density at radius 1 is 1.38 bits per heavy atom. The number of ether oxygens (including phenoxy) is 1. The normalized spacial score (nSPS) is 28.2. The highest BCUT2D eigenvalue weighted by Gasteiger charge is 2.34. The number of rotatable bonds is 4. The Hall–Kier alpha value is -0.610. The van der Waals surface area contributed by atoms with Crippen LogP contribution < -0.4 is 11.1 Å². The molecule has 16 heavy (non-hydrogen) atoms. The molecule has 0 aromatic heterocycles. The van der Waals surface area contributed by atoms with Crippen molar-refractivity contribution in [3.8, 4) is 0 Å². The van der Waals surface area contributed by atoms with Crippen molar-refractivity contribution in [3.63, 3.8) is 0 Å². The lowest BCUT2D eigenvalue weighted by atomic mass is 9.75. The van der Waals surface area contributed by atoms with Crippen LogP contribution in [0.3, 0.4) is 0 Å². The number of nitrogens with two attached hydrogens (primary N) is 1. The fraction of sp³-hybridized carbons (Fsp3) is 0.917. The van der Waals surface area contributed by atoms with E-state index in [1.165, 1.54) is 6.42 Å². The third-order valence-corrected chi connectivity index (χ3v) is 3.66. The lowest BCUT2D eigenvalue weighted by Gasteiger charge is -2.37. The summed E-state index contributed by atoms with van der Waals surface area (Å²) in [5.41, 5.74) is 5.81. The molecular weight excluding hydrogens is 204 g/mol. The number of hydrogen-bond donors (Lipinski definition) is 2. The van der Waals surface area contributed by atoms with Crippen molar-refractivity contribution in [3.05, 3.63) is 0 Å². The van der Waals surface area contributed by atoms with Crippen LogP contribution in [0.1, 0.15) is 44.9 Å². The Morgan fingerprint density at radius 2 is 2.19 bits per heavy atom. The zero-order valence-corrected chi connectivity index (χ0v) is 9.84.